The quantitative estimate of drug-likeness (QED) is 0.407. The van der Waals surface area contributed by atoms with Crippen LogP contribution in [0.1, 0.15) is 35.6 Å². The van der Waals surface area contributed by atoms with Crippen LogP contribution in [-0.2, 0) is 35.3 Å². The summed E-state index contributed by atoms with van der Waals surface area (Å²) in [6.45, 7) is 3.41. The lowest BCUT2D eigenvalue weighted by atomic mass is 9.86. The molecule has 0 radical (unpaired) electrons. The lowest BCUT2D eigenvalue weighted by molar-refractivity contribution is -0.172. The number of carbonyl (C=O) groups is 1. The van der Waals surface area contributed by atoms with E-state index in [1.165, 1.54) is 6.07 Å². The van der Waals surface area contributed by atoms with E-state index in [2.05, 4.69) is 5.10 Å². The fourth-order valence-electron chi connectivity index (χ4n) is 5.09. The molecule has 1 atom stereocenters. The summed E-state index contributed by atoms with van der Waals surface area (Å²) in [6.07, 6.45) is 3.66. The minimum atomic E-state index is -1.91. The van der Waals surface area contributed by atoms with Crippen LogP contribution < -0.4 is 5.56 Å². The van der Waals surface area contributed by atoms with Crippen LogP contribution in [0.2, 0.25) is 0 Å². The molecular formula is C25H21FN4O4. The number of aromatic nitrogens is 4. The maximum absolute atomic E-state index is 14.5. The number of cyclic esters (lactones) is 1. The van der Waals surface area contributed by atoms with Gasteiger partial charge in [-0.1, -0.05) is 6.92 Å². The van der Waals surface area contributed by atoms with Crippen molar-refractivity contribution in [2.45, 2.75) is 39.0 Å². The lowest BCUT2D eigenvalue weighted by Gasteiger charge is -2.31. The van der Waals surface area contributed by atoms with Crippen molar-refractivity contribution in [3.8, 4) is 22.5 Å². The first-order valence-corrected chi connectivity index (χ1v) is 11.0. The van der Waals surface area contributed by atoms with Crippen molar-refractivity contribution in [1.29, 1.82) is 0 Å². The number of fused-ring (bicyclic) bond motifs is 5. The lowest BCUT2D eigenvalue weighted by Crippen LogP contribution is -2.44. The molecule has 0 aliphatic carbocycles. The van der Waals surface area contributed by atoms with E-state index < -0.39 is 11.6 Å². The molecule has 1 aromatic carbocycles. The van der Waals surface area contributed by atoms with Crippen LogP contribution >= 0.6 is 0 Å². The summed E-state index contributed by atoms with van der Waals surface area (Å²) in [5.74, 6) is -1.15. The van der Waals surface area contributed by atoms with Crippen molar-refractivity contribution in [3.63, 3.8) is 0 Å². The number of aliphatic hydroxyl groups is 1. The van der Waals surface area contributed by atoms with Crippen molar-refractivity contribution < 1.29 is 19.0 Å². The van der Waals surface area contributed by atoms with Crippen LogP contribution in [0.25, 0.3) is 33.4 Å². The summed E-state index contributed by atoms with van der Waals surface area (Å²) in [5.41, 5.74) is 2.66. The molecule has 5 heterocycles. The summed E-state index contributed by atoms with van der Waals surface area (Å²) in [5, 5.41) is 16.1. The highest BCUT2D eigenvalue weighted by molar-refractivity contribution is 6.00. The zero-order valence-electron chi connectivity index (χ0n) is 18.8. The predicted molar refractivity (Wildman–Crippen MR) is 121 cm³/mol. The number of hydrogen-bond acceptors (Lipinski definition) is 6. The Hall–Kier alpha value is -3.85. The second kappa shape index (κ2) is 6.83. The van der Waals surface area contributed by atoms with Gasteiger partial charge in [0.05, 0.1) is 35.2 Å². The van der Waals surface area contributed by atoms with E-state index in [0.717, 1.165) is 22.1 Å². The van der Waals surface area contributed by atoms with Crippen LogP contribution in [0.5, 0.6) is 0 Å². The Labute approximate surface area is 193 Å². The molecule has 6 rings (SSSR count). The average molecular weight is 460 g/mol. The molecule has 0 fully saturated rings. The highest BCUT2D eigenvalue weighted by Gasteiger charge is 2.45. The van der Waals surface area contributed by atoms with E-state index in [-0.39, 0.29) is 42.1 Å². The molecular weight excluding hydrogens is 439 g/mol. The Morgan fingerprint density at radius 3 is 2.74 bits per heavy atom. The molecule has 0 saturated heterocycles. The molecule has 3 aromatic heterocycles. The summed E-state index contributed by atoms with van der Waals surface area (Å²) in [4.78, 5) is 30.6. The minimum absolute atomic E-state index is 0.0607. The van der Waals surface area contributed by atoms with Gasteiger partial charge >= 0.3 is 5.97 Å². The molecule has 9 heteroatoms. The smallest absolute Gasteiger partial charge is 0.343 e. The van der Waals surface area contributed by atoms with Gasteiger partial charge < -0.3 is 14.4 Å². The average Bonchev–Trinajstić information content (AvgIpc) is 3.40. The highest BCUT2D eigenvalue weighted by Crippen LogP contribution is 2.43. The Morgan fingerprint density at radius 1 is 1.24 bits per heavy atom. The molecule has 4 aromatic rings. The molecule has 0 unspecified atom stereocenters. The number of halogens is 1. The summed E-state index contributed by atoms with van der Waals surface area (Å²) >= 11 is 0. The Balaban J connectivity index is 1.71. The number of pyridine rings is 2. The van der Waals surface area contributed by atoms with Crippen LogP contribution in [0, 0.1) is 12.7 Å². The van der Waals surface area contributed by atoms with E-state index in [1.54, 1.807) is 41.4 Å². The maximum Gasteiger partial charge on any atom is 0.343 e. The zero-order valence-corrected chi connectivity index (χ0v) is 18.8. The SMILES string of the molecule is CC[C@@]1(O)C(=O)OCc2c1cc1n(c2=O)Cc2c-1nc1cc(F)c(C)cc1c2-c1cnn(C)c1. The number of ether oxygens (including phenoxy) is 1. The first-order valence-electron chi connectivity index (χ1n) is 11.0. The summed E-state index contributed by atoms with van der Waals surface area (Å²) in [6, 6.07) is 4.81. The molecule has 8 nitrogen and oxygen atoms in total. The second-order valence-corrected chi connectivity index (χ2v) is 8.94. The maximum atomic E-state index is 14.5. The molecule has 172 valence electrons. The third kappa shape index (κ3) is 2.61. The largest absolute Gasteiger partial charge is 0.458 e. The Kier molecular flexibility index (Phi) is 4.17. The van der Waals surface area contributed by atoms with E-state index in [4.69, 9.17) is 9.72 Å². The molecule has 0 amide bonds. The van der Waals surface area contributed by atoms with Gasteiger partial charge in [0, 0.05) is 47.0 Å². The van der Waals surface area contributed by atoms with Gasteiger partial charge in [0.2, 0.25) is 0 Å². The third-order valence-electron chi connectivity index (χ3n) is 6.96. The number of aryl methyl sites for hydroxylation is 2. The molecule has 34 heavy (non-hydrogen) atoms. The van der Waals surface area contributed by atoms with Gasteiger partial charge in [-0.15, -0.1) is 0 Å². The number of rotatable bonds is 2. The molecule has 2 aliphatic rings. The molecule has 0 bridgehead atoms. The second-order valence-electron chi connectivity index (χ2n) is 8.94. The monoisotopic (exact) mass is 460 g/mol. The molecule has 2 aliphatic heterocycles. The highest BCUT2D eigenvalue weighted by atomic mass is 19.1. The van der Waals surface area contributed by atoms with Gasteiger partial charge in [0.1, 0.15) is 12.4 Å². The van der Waals surface area contributed by atoms with Crippen molar-refractivity contribution in [2.24, 2.45) is 7.05 Å². The molecule has 1 N–H and O–H groups in total. The topological polar surface area (TPSA) is 99.2 Å². The third-order valence-corrected chi connectivity index (χ3v) is 6.96. The fourth-order valence-corrected chi connectivity index (χ4v) is 5.09. The number of nitrogens with zero attached hydrogens (tertiary/aromatic N) is 4. The zero-order chi connectivity index (χ0) is 23.9. The van der Waals surface area contributed by atoms with Crippen LogP contribution in [0.15, 0.2) is 35.4 Å². The number of hydrogen-bond donors (Lipinski definition) is 1. The number of benzene rings is 1. The molecule has 0 saturated carbocycles. The van der Waals surface area contributed by atoms with Crippen molar-refractivity contribution in [3.05, 3.63) is 69.0 Å². The Bertz CT molecular complexity index is 1620. The Morgan fingerprint density at radius 2 is 2.03 bits per heavy atom. The van der Waals surface area contributed by atoms with Crippen molar-refractivity contribution in [1.82, 2.24) is 19.3 Å². The number of carbonyl (C=O) groups excluding carboxylic acids is 1. The fraction of sp³-hybridized carbons (Fsp3) is 0.280. The van der Waals surface area contributed by atoms with Gasteiger partial charge in [-0.2, -0.15) is 5.10 Å². The normalized spacial score (nSPS) is 18.6. The number of esters is 1. The van der Waals surface area contributed by atoms with Gasteiger partial charge in [-0.3, -0.25) is 9.48 Å². The summed E-state index contributed by atoms with van der Waals surface area (Å²) < 4.78 is 22.9. The minimum Gasteiger partial charge on any atom is -0.458 e. The van der Waals surface area contributed by atoms with Crippen LogP contribution in [-0.4, -0.2) is 30.4 Å². The summed E-state index contributed by atoms with van der Waals surface area (Å²) in [7, 11) is 1.81. The predicted octanol–water partition coefficient (Wildman–Crippen LogP) is 2.93. The van der Waals surface area contributed by atoms with E-state index in [0.29, 0.717) is 22.5 Å². The molecule has 0 spiro atoms. The van der Waals surface area contributed by atoms with Gasteiger partial charge in [0.15, 0.2) is 5.60 Å². The van der Waals surface area contributed by atoms with Crippen molar-refractivity contribution in [2.75, 3.05) is 0 Å². The van der Waals surface area contributed by atoms with Gasteiger partial charge in [-0.25, -0.2) is 14.2 Å². The van der Waals surface area contributed by atoms with E-state index in [1.807, 2.05) is 13.2 Å². The van der Waals surface area contributed by atoms with E-state index in [9.17, 15) is 19.1 Å². The standard InChI is InChI=1S/C25H21FN4O4/c1-4-25(33)17-6-20-22-15(10-30(20)23(31)16(17)11-34-24(25)32)21(13-8-27-29(3)9-13)14-5-12(2)18(26)7-19(14)28-22/h5-9,33H,4,10-11H2,1-3H3/t25-/m0/s1. The van der Waals surface area contributed by atoms with E-state index >= 15 is 0 Å². The first-order chi connectivity index (χ1) is 16.2. The van der Waals surface area contributed by atoms with Crippen molar-refractivity contribution >= 4 is 16.9 Å². The van der Waals surface area contributed by atoms with Crippen LogP contribution in [0.4, 0.5) is 4.39 Å². The van der Waals surface area contributed by atoms with Gasteiger partial charge in [-0.05, 0) is 31.0 Å². The van der Waals surface area contributed by atoms with Crippen LogP contribution in [0.3, 0.4) is 0 Å². The first kappa shape index (κ1) is 20.7. The van der Waals surface area contributed by atoms with Gasteiger partial charge in [0.25, 0.3) is 5.56 Å².